The van der Waals surface area contributed by atoms with Crippen molar-refractivity contribution in [3.8, 4) is 0 Å². The zero-order valence-electron chi connectivity index (χ0n) is 10.9. The summed E-state index contributed by atoms with van der Waals surface area (Å²) < 4.78 is 0. The van der Waals surface area contributed by atoms with Crippen molar-refractivity contribution in [3.05, 3.63) is 0 Å². The molecule has 0 aromatic rings. The third-order valence-electron chi connectivity index (χ3n) is 3.51. The number of likely N-dealkylation sites (tertiary alicyclic amines) is 1. The number of hydrogen-bond acceptors (Lipinski definition) is 4. The monoisotopic (exact) mass is 245 g/mol. The van der Waals surface area contributed by atoms with Crippen molar-refractivity contribution in [3.63, 3.8) is 0 Å². The molecule has 0 amide bonds. The van der Waals surface area contributed by atoms with E-state index in [1.165, 1.54) is 32.1 Å². The van der Waals surface area contributed by atoms with Crippen molar-refractivity contribution in [2.45, 2.75) is 63.8 Å². The van der Waals surface area contributed by atoms with Crippen molar-refractivity contribution in [1.82, 2.24) is 4.90 Å². The van der Waals surface area contributed by atoms with Crippen molar-refractivity contribution >= 4 is 0 Å². The van der Waals surface area contributed by atoms with Gasteiger partial charge in [0.1, 0.15) is 6.10 Å². The molecule has 3 N–H and O–H groups in total. The molecule has 1 fully saturated rings. The summed E-state index contributed by atoms with van der Waals surface area (Å²) in [7, 11) is 0. The Morgan fingerprint density at radius 1 is 0.882 bits per heavy atom. The van der Waals surface area contributed by atoms with E-state index in [0.29, 0.717) is 13.1 Å². The first-order valence-corrected chi connectivity index (χ1v) is 6.91. The lowest BCUT2D eigenvalue weighted by Gasteiger charge is -2.36. The van der Waals surface area contributed by atoms with Crippen molar-refractivity contribution in [1.29, 1.82) is 0 Å². The van der Waals surface area contributed by atoms with E-state index in [-0.39, 0.29) is 0 Å². The number of rotatable bonds is 7. The Balaban J connectivity index is 2.07. The molecule has 0 aliphatic carbocycles. The second-order valence-electron chi connectivity index (χ2n) is 5.15. The van der Waals surface area contributed by atoms with E-state index in [9.17, 15) is 15.3 Å². The fourth-order valence-corrected chi connectivity index (χ4v) is 2.37. The molecule has 0 saturated carbocycles. The lowest BCUT2D eigenvalue weighted by atomic mass is 10.0. The minimum atomic E-state index is -0.976. The van der Waals surface area contributed by atoms with Gasteiger partial charge < -0.3 is 15.3 Å². The summed E-state index contributed by atoms with van der Waals surface area (Å²) in [5.74, 6) is 0. The molecule has 0 unspecified atom stereocenters. The maximum atomic E-state index is 9.54. The molecular formula is C13H27NO3. The second kappa shape index (κ2) is 8.03. The molecule has 0 radical (unpaired) electrons. The molecule has 1 aliphatic heterocycles. The molecule has 3 atom stereocenters. The highest BCUT2D eigenvalue weighted by molar-refractivity contribution is 4.86. The van der Waals surface area contributed by atoms with Gasteiger partial charge in [0, 0.05) is 13.1 Å². The Bertz CT molecular complexity index is 189. The van der Waals surface area contributed by atoms with E-state index < -0.39 is 18.3 Å². The lowest BCUT2D eigenvalue weighted by molar-refractivity contribution is -0.109. The van der Waals surface area contributed by atoms with Crippen LogP contribution < -0.4 is 0 Å². The van der Waals surface area contributed by atoms with Gasteiger partial charge >= 0.3 is 0 Å². The minimum Gasteiger partial charge on any atom is -0.389 e. The fraction of sp³-hybridized carbons (Fsp3) is 1.00. The number of unbranched alkanes of at least 4 members (excludes halogenated alkanes) is 5. The number of nitrogens with zero attached hydrogens (tertiary/aromatic N) is 1. The smallest absolute Gasteiger partial charge is 0.108 e. The van der Waals surface area contributed by atoms with Crippen LogP contribution in [0.2, 0.25) is 0 Å². The first-order chi connectivity index (χ1) is 8.15. The van der Waals surface area contributed by atoms with Crippen molar-refractivity contribution in [2.24, 2.45) is 0 Å². The topological polar surface area (TPSA) is 63.9 Å². The number of hydrogen-bond donors (Lipinski definition) is 3. The summed E-state index contributed by atoms with van der Waals surface area (Å²) in [5, 5.41) is 28.5. The van der Waals surface area contributed by atoms with Gasteiger partial charge in [0.2, 0.25) is 0 Å². The van der Waals surface area contributed by atoms with Crippen LogP contribution in [0, 0.1) is 0 Å². The van der Waals surface area contributed by atoms with Gasteiger partial charge in [0.25, 0.3) is 0 Å². The highest BCUT2D eigenvalue weighted by Crippen LogP contribution is 2.13. The molecule has 4 heteroatoms. The Morgan fingerprint density at radius 2 is 1.41 bits per heavy atom. The lowest BCUT2D eigenvalue weighted by Crippen LogP contribution is -2.55. The fourth-order valence-electron chi connectivity index (χ4n) is 2.37. The Kier molecular flexibility index (Phi) is 7.04. The Hall–Kier alpha value is -0.160. The SMILES string of the molecule is CCCCCCCCN1C[C@@H](O)[C@H](O)[C@@H](O)C1. The number of β-amino-alcohol motifs (C(OH)–C–C–N with tert-alkyl or cyclic N) is 2. The van der Waals surface area contributed by atoms with E-state index in [2.05, 4.69) is 6.92 Å². The van der Waals surface area contributed by atoms with E-state index >= 15 is 0 Å². The molecular weight excluding hydrogens is 218 g/mol. The van der Waals surface area contributed by atoms with E-state index in [1.54, 1.807) is 0 Å². The highest BCUT2D eigenvalue weighted by Gasteiger charge is 2.32. The predicted octanol–water partition coefficient (Wildman–Crippen LogP) is 0.745. The molecule has 4 nitrogen and oxygen atoms in total. The summed E-state index contributed by atoms with van der Waals surface area (Å²) >= 11 is 0. The van der Waals surface area contributed by atoms with Crippen LogP contribution in [0.5, 0.6) is 0 Å². The zero-order chi connectivity index (χ0) is 12.7. The maximum absolute atomic E-state index is 9.54. The second-order valence-corrected chi connectivity index (χ2v) is 5.15. The Morgan fingerprint density at radius 3 is 2.00 bits per heavy atom. The predicted molar refractivity (Wildman–Crippen MR) is 67.8 cm³/mol. The van der Waals surface area contributed by atoms with Gasteiger partial charge in [0.15, 0.2) is 0 Å². The molecule has 1 rings (SSSR count). The third kappa shape index (κ3) is 5.34. The average Bonchev–Trinajstić information content (AvgIpc) is 2.30. The molecule has 17 heavy (non-hydrogen) atoms. The largest absolute Gasteiger partial charge is 0.389 e. The van der Waals surface area contributed by atoms with Crippen LogP contribution in [0.1, 0.15) is 45.4 Å². The summed E-state index contributed by atoms with van der Waals surface area (Å²) in [5.41, 5.74) is 0. The molecule has 1 saturated heterocycles. The minimum absolute atomic E-state index is 0.479. The van der Waals surface area contributed by atoms with E-state index in [1.807, 2.05) is 4.90 Å². The molecule has 0 bridgehead atoms. The van der Waals surface area contributed by atoms with Crippen molar-refractivity contribution in [2.75, 3.05) is 19.6 Å². The van der Waals surface area contributed by atoms with Gasteiger partial charge in [-0.1, -0.05) is 39.0 Å². The first-order valence-electron chi connectivity index (χ1n) is 6.91. The molecule has 0 aromatic carbocycles. The van der Waals surface area contributed by atoms with Crippen molar-refractivity contribution < 1.29 is 15.3 Å². The van der Waals surface area contributed by atoms with Gasteiger partial charge in [0.05, 0.1) is 12.2 Å². The zero-order valence-corrected chi connectivity index (χ0v) is 10.9. The van der Waals surface area contributed by atoms with Gasteiger partial charge in [-0.05, 0) is 13.0 Å². The van der Waals surface area contributed by atoms with Crippen LogP contribution in [0.15, 0.2) is 0 Å². The molecule has 1 heterocycles. The Labute approximate surface area is 104 Å². The summed E-state index contributed by atoms with van der Waals surface area (Å²) in [4.78, 5) is 2.04. The average molecular weight is 245 g/mol. The van der Waals surface area contributed by atoms with Crippen LogP contribution >= 0.6 is 0 Å². The first kappa shape index (κ1) is 14.9. The van der Waals surface area contributed by atoms with E-state index in [4.69, 9.17) is 0 Å². The van der Waals surface area contributed by atoms with Crippen LogP contribution in [-0.2, 0) is 0 Å². The third-order valence-corrected chi connectivity index (χ3v) is 3.51. The quantitative estimate of drug-likeness (QED) is 0.579. The highest BCUT2D eigenvalue weighted by atomic mass is 16.4. The summed E-state index contributed by atoms with van der Waals surface area (Å²) in [6.07, 6.45) is 4.89. The van der Waals surface area contributed by atoms with Crippen LogP contribution in [0.3, 0.4) is 0 Å². The molecule has 0 aromatic heterocycles. The summed E-state index contributed by atoms with van der Waals surface area (Å²) in [6.45, 7) is 4.08. The molecule has 102 valence electrons. The number of aliphatic hydroxyl groups is 3. The van der Waals surface area contributed by atoms with Crippen LogP contribution in [-0.4, -0.2) is 58.2 Å². The normalized spacial score (nSPS) is 30.7. The summed E-state index contributed by atoms with van der Waals surface area (Å²) in [6, 6.07) is 0. The van der Waals surface area contributed by atoms with Crippen LogP contribution in [0.25, 0.3) is 0 Å². The van der Waals surface area contributed by atoms with Gasteiger partial charge in [-0.25, -0.2) is 0 Å². The van der Waals surface area contributed by atoms with Gasteiger partial charge in [-0.2, -0.15) is 0 Å². The van der Waals surface area contributed by atoms with E-state index in [0.717, 1.165) is 13.0 Å². The van der Waals surface area contributed by atoms with Crippen LogP contribution in [0.4, 0.5) is 0 Å². The number of aliphatic hydroxyl groups excluding tert-OH is 3. The van der Waals surface area contributed by atoms with Gasteiger partial charge in [-0.3, -0.25) is 4.90 Å². The molecule has 0 spiro atoms. The van der Waals surface area contributed by atoms with Gasteiger partial charge in [-0.15, -0.1) is 0 Å². The maximum Gasteiger partial charge on any atom is 0.108 e. The number of piperidine rings is 1. The molecule has 1 aliphatic rings. The standard InChI is InChI=1S/C13H27NO3/c1-2-3-4-5-6-7-8-14-9-11(15)13(17)12(16)10-14/h11-13,15-17H,2-10H2,1H3/t11-,12+,13+.